The number of hydrogen-bond acceptors (Lipinski definition) is 6. The minimum Gasteiger partial charge on any atom is -0.429 e. The largest absolute Gasteiger partial charge is 0.514 e. The van der Waals surface area contributed by atoms with E-state index in [9.17, 15) is 14.4 Å². The lowest BCUT2D eigenvalue weighted by molar-refractivity contribution is -0.135. The summed E-state index contributed by atoms with van der Waals surface area (Å²) >= 11 is 0. The zero-order valence-electron chi connectivity index (χ0n) is 13.1. The molecule has 0 spiro atoms. The third kappa shape index (κ3) is 4.57. The molecule has 1 unspecified atom stereocenters. The molecule has 7 nitrogen and oxygen atoms in total. The fraction of sp³-hybridized carbons (Fsp3) is 0.167. The lowest BCUT2D eigenvalue weighted by Crippen LogP contribution is -2.30. The van der Waals surface area contributed by atoms with Crippen LogP contribution in [0, 0.1) is 0 Å². The molecule has 1 saturated heterocycles. The molecule has 0 saturated carbocycles. The Hall–Kier alpha value is -3.35. The van der Waals surface area contributed by atoms with Crippen LogP contribution in [0.3, 0.4) is 0 Å². The smallest absolute Gasteiger partial charge is 0.429 e. The highest BCUT2D eigenvalue weighted by atomic mass is 16.7. The molecule has 2 aromatic rings. The van der Waals surface area contributed by atoms with Gasteiger partial charge >= 0.3 is 18.2 Å². The summed E-state index contributed by atoms with van der Waals surface area (Å²) < 4.78 is 14.5. The zero-order valence-corrected chi connectivity index (χ0v) is 13.1. The van der Waals surface area contributed by atoms with Gasteiger partial charge in [0.05, 0.1) is 0 Å². The van der Waals surface area contributed by atoms with E-state index in [2.05, 4.69) is 10.1 Å². The second-order valence-electron chi connectivity index (χ2n) is 5.38. The Morgan fingerprint density at radius 2 is 1.72 bits per heavy atom. The van der Waals surface area contributed by atoms with E-state index in [1.54, 1.807) is 24.3 Å². The number of ether oxygens (including phenoxy) is 3. The minimum absolute atomic E-state index is 0.126. The van der Waals surface area contributed by atoms with Gasteiger partial charge in [-0.1, -0.05) is 42.5 Å². The molecular weight excluding hydrogens is 326 g/mol. The van der Waals surface area contributed by atoms with Gasteiger partial charge in [0.15, 0.2) is 0 Å². The van der Waals surface area contributed by atoms with Crippen LogP contribution in [-0.2, 0) is 27.3 Å². The van der Waals surface area contributed by atoms with Gasteiger partial charge in [0, 0.05) is 6.42 Å². The molecule has 1 aliphatic rings. The van der Waals surface area contributed by atoms with Gasteiger partial charge in [0.1, 0.15) is 18.4 Å². The fourth-order valence-corrected chi connectivity index (χ4v) is 2.30. The van der Waals surface area contributed by atoms with E-state index in [4.69, 9.17) is 9.47 Å². The molecule has 0 aromatic heterocycles. The Labute approximate surface area is 143 Å². The van der Waals surface area contributed by atoms with Gasteiger partial charge in [0.2, 0.25) is 0 Å². The number of cyclic esters (lactones) is 2. The molecule has 1 heterocycles. The van der Waals surface area contributed by atoms with E-state index in [0.29, 0.717) is 12.2 Å². The van der Waals surface area contributed by atoms with Crippen molar-refractivity contribution in [2.24, 2.45) is 0 Å². The average Bonchev–Trinajstić information content (AvgIpc) is 2.93. The van der Waals surface area contributed by atoms with Gasteiger partial charge in [-0.25, -0.2) is 14.4 Å². The van der Waals surface area contributed by atoms with E-state index in [-0.39, 0.29) is 6.61 Å². The molecule has 0 aliphatic carbocycles. The SMILES string of the molecule is O=C1NC(Cc2ccc(OC(=O)OCc3ccccc3)cc2)C(=O)O1. The van der Waals surface area contributed by atoms with Gasteiger partial charge in [-0.3, -0.25) is 0 Å². The molecular formula is C18H15NO6. The molecule has 1 fully saturated rings. The highest BCUT2D eigenvalue weighted by Gasteiger charge is 2.32. The standard InChI is InChI=1S/C18H15NO6/c20-16-15(19-17(21)25-16)10-12-6-8-14(9-7-12)24-18(22)23-11-13-4-2-1-3-5-13/h1-9,15H,10-11H2,(H,19,21). The van der Waals surface area contributed by atoms with Crippen molar-refractivity contribution >= 4 is 18.2 Å². The first kappa shape index (κ1) is 16.5. The summed E-state index contributed by atoms with van der Waals surface area (Å²) in [6, 6.07) is 15.1. The first-order chi connectivity index (χ1) is 12.1. The quantitative estimate of drug-likeness (QED) is 0.511. The highest BCUT2D eigenvalue weighted by molar-refractivity contribution is 5.95. The average molecular weight is 341 g/mol. The maximum Gasteiger partial charge on any atom is 0.514 e. The van der Waals surface area contributed by atoms with E-state index < -0.39 is 24.3 Å². The number of carbonyl (C=O) groups excluding carboxylic acids is 3. The Kier molecular flexibility index (Phi) is 4.94. The predicted molar refractivity (Wildman–Crippen MR) is 85.8 cm³/mol. The summed E-state index contributed by atoms with van der Waals surface area (Å²) in [5.41, 5.74) is 1.65. The van der Waals surface area contributed by atoms with Crippen LogP contribution in [0.25, 0.3) is 0 Å². The van der Waals surface area contributed by atoms with Crippen LogP contribution in [-0.4, -0.2) is 24.3 Å². The first-order valence-electron chi connectivity index (χ1n) is 7.60. The van der Waals surface area contributed by atoms with Crippen LogP contribution in [0.1, 0.15) is 11.1 Å². The van der Waals surface area contributed by atoms with Crippen molar-refractivity contribution < 1.29 is 28.6 Å². The van der Waals surface area contributed by atoms with E-state index in [1.807, 2.05) is 30.3 Å². The number of carbonyl (C=O) groups is 3. The Morgan fingerprint density at radius 1 is 1.00 bits per heavy atom. The van der Waals surface area contributed by atoms with Crippen molar-refractivity contribution in [3.63, 3.8) is 0 Å². The van der Waals surface area contributed by atoms with Gasteiger partial charge in [-0.15, -0.1) is 0 Å². The van der Waals surface area contributed by atoms with Gasteiger partial charge in [-0.05, 0) is 23.3 Å². The third-order valence-electron chi connectivity index (χ3n) is 3.53. The topological polar surface area (TPSA) is 90.9 Å². The molecule has 128 valence electrons. The predicted octanol–water partition coefficient (Wildman–Crippen LogP) is 2.58. The lowest BCUT2D eigenvalue weighted by atomic mass is 10.1. The van der Waals surface area contributed by atoms with Crippen molar-refractivity contribution in [3.8, 4) is 5.75 Å². The van der Waals surface area contributed by atoms with Crippen LogP contribution in [0.5, 0.6) is 5.75 Å². The minimum atomic E-state index is -0.803. The molecule has 1 aliphatic heterocycles. The van der Waals surface area contributed by atoms with Crippen LogP contribution >= 0.6 is 0 Å². The van der Waals surface area contributed by atoms with Crippen molar-refractivity contribution in [2.45, 2.75) is 19.1 Å². The van der Waals surface area contributed by atoms with Crippen LogP contribution in [0.15, 0.2) is 54.6 Å². The molecule has 1 atom stereocenters. The molecule has 3 rings (SSSR count). The van der Waals surface area contributed by atoms with Crippen molar-refractivity contribution in [3.05, 3.63) is 65.7 Å². The van der Waals surface area contributed by atoms with Crippen molar-refractivity contribution in [1.29, 1.82) is 0 Å². The first-order valence-corrected chi connectivity index (χ1v) is 7.60. The second-order valence-corrected chi connectivity index (χ2v) is 5.38. The van der Waals surface area contributed by atoms with Gasteiger partial charge in [-0.2, -0.15) is 0 Å². The monoisotopic (exact) mass is 341 g/mol. The van der Waals surface area contributed by atoms with E-state index in [0.717, 1.165) is 11.1 Å². The summed E-state index contributed by atoms with van der Waals surface area (Å²) in [5, 5.41) is 2.42. The Morgan fingerprint density at radius 3 is 2.36 bits per heavy atom. The fourth-order valence-electron chi connectivity index (χ4n) is 2.30. The number of rotatable bonds is 5. The number of esters is 1. The van der Waals surface area contributed by atoms with Gasteiger partial charge in [0.25, 0.3) is 0 Å². The second kappa shape index (κ2) is 7.48. The molecule has 0 radical (unpaired) electrons. The molecule has 1 amide bonds. The molecule has 1 N–H and O–H groups in total. The number of hydrogen-bond donors (Lipinski definition) is 1. The summed E-state index contributed by atoms with van der Waals surface area (Å²) in [7, 11) is 0. The van der Waals surface area contributed by atoms with Gasteiger partial charge < -0.3 is 19.5 Å². The number of nitrogens with one attached hydrogen (secondary N) is 1. The normalized spacial score (nSPS) is 16.1. The van der Waals surface area contributed by atoms with Crippen LogP contribution in [0.2, 0.25) is 0 Å². The zero-order chi connectivity index (χ0) is 17.6. The highest BCUT2D eigenvalue weighted by Crippen LogP contribution is 2.16. The lowest BCUT2D eigenvalue weighted by Gasteiger charge is -2.08. The van der Waals surface area contributed by atoms with Crippen LogP contribution in [0.4, 0.5) is 9.59 Å². The Balaban J connectivity index is 1.49. The number of alkyl carbamates (subject to hydrolysis) is 1. The van der Waals surface area contributed by atoms with Crippen molar-refractivity contribution in [2.75, 3.05) is 0 Å². The molecule has 25 heavy (non-hydrogen) atoms. The van der Waals surface area contributed by atoms with Crippen molar-refractivity contribution in [1.82, 2.24) is 5.32 Å². The van der Waals surface area contributed by atoms with E-state index >= 15 is 0 Å². The molecule has 2 aromatic carbocycles. The molecule has 0 bridgehead atoms. The Bertz CT molecular complexity index is 772. The van der Waals surface area contributed by atoms with Crippen LogP contribution < -0.4 is 10.1 Å². The maximum absolute atomic E-state index is 11.7. The number of benzene rings is 2. The summed E-state index contributed by atoms with van der Waals surface area (Å²) in [4.78, 5) is 34.0. The maximum atomic E-state index is 11.7. The summed E-state index contributed by atoms with van der Waals surface area (Å²) in [5.74, 6) is -0.283. The third-order valence-corrected chi connectivity index (χ3v) is 3.53. The summed E-state index contributed by atoms with van der Waals surface area (Å²) in [6.45, 7) is 0.126. The number of amides is 1. The summed E-state index contributed by atoms with van der Waals surface area (Å²) in [6.07, 6.45) is -1.25. The molecule has 7 heteroatoms. The van der Waals surface area contributed by atoms with E-state index in [1.165, 1.54) is 0 Å².